The molecule has 6 nitrogen and oxygen atoms in total. The van der Waals surface area contributed by atoms with Gasteiger partial charge in [-0.05, 0) is 45.7 Å². The predicted molar refractivity (Wildman–Crippen MR) is 142 cm³/mol. The standard InChI is InChI=1S/C29H41N3O3/c1-21(2)17-32(18-24(33)20-34-29(4,5)6)19-26-27(23-11-9-8-10-12-23)30-31(7)28(26)35-25-15-13-22(3)14-16-25/h8-16,21,24,33H,17-20H2,1-7H3. The second-order valence-corrected chi connectivity index (χ2v) is 10.7. The first kappa shape index (κ1) is 26.9. The van der Waals surface area contributed by atoms with Crippen molar-refractivity contribution in [1.29, 1.82) is 0 Å². The molecule has 0 bridgehead atoms. The van der Waals surface area contributed by atoms with Crippen LogP contribution in [0.3, 0.4) is 0 Å². The molecule has 1 heterocycles. The molecular weight excluding hydrogens is 438 g/mol. The molecule has 1 N–H and O–H groups in total. The van der Waals surface area contributed by atoms with Crippen LogP contribution in [0.5, 0.6) is 11.6 Å². The number of aromatic nitrogens is 2. The zero-order chi connectivity index (χ0) is 25.6. The van der Waals surface area contributed by atoms with Crippen molar-refractivity contribution in [3.8, 4) is 22.9 Å². The molecule has 0 radical (unpaired) electrons. The van der Waals surface area contributed by atoms with E-state index in [9.17, 15) is 5.11 Å². The monoisotopic (exact) mass is 479 g/mol. The minimum absolute atomic E-state index is 0.289. The van der Waals surface area contributed by atoms with Crippen molar-refractivity contribution in [2.75, 3.05) is 19.7 Å². The van der Waals surface area contributed by atoms with Gasteiger partial charge in [0, 0.05) is 32.2 Å². The Morgan fingerprint density at radius 1 is 1.00 bits per heavy atom. The number of ether oxygens (including phenoxy) is 2. The van der Waals surface area contributed by atoms with E-state index in [2.05, 4.69) is 37.8 Å². The van der Waals surface area contributed by atoms with Gasteiger partial charge in [0.1, 0.15) is 11.4 Å². The largest absolute Gasteiger partial charge is 0.439 e. The van der Waals surface area contributed by atoms with Crippen molar-refractivity contribution in [2.45, 2.75) is 59.8 Å². The van der Waals surface area contributed by atoms with Gasteiger partial charge in [0.15, 0.2) is 0 Å². The summed E-state index contributed by atoms with van der Waals surface area (Å²) in [7, 11) is 1.91. The minimum Gasteiger partial charge on any atom is -0.439 e. The molecule has 0 saturated heterocycles. The number of aryl methyl sites for hydroxylation is 2. The van der Waals surface area contributed by atoms with Crippen LogP contribution in [0.4, 0.5) is 0 Å². The molecule has 0 aliphatic rings. The van der Waals surface area contributed by atoms with Crippen LogP contribution < -0.4 is 4.74 Å². The van der Waals surface area contributed by atoms with Crippen LogP contribution in [0.15, 0.2) is 54.6 Å². The van der Waals surface area contributed by atoms with Crippen molar-refractivity contribution in [3.63, 3.8) is 0 Å². The number of rotatable bonds is 11. The number of hydrogen-bond donors (Lipinski definition) is 1. The fraction of sp³-hybridized carbons (Fsp3) is 0.483. The highest BCUT2D eigenvalue weighted by atomic mass is 16.5. The van der Waals surface area contributed by atoms with Crippen molar-refractivity contribution in [3.05, 3.63) is 65.7 Å². The van der Waals surface area contributed by atoms with E-state index in [1.165, 1.54) is 5.56 Å². The molecule has 1 unspecified atom stereocenters. The van der Waals surface area contributed by atoms with Crippen LogP contribution in [0, 0.1) is 12.8 Å². The van der Waals surface area contributed by atoms with Gasteiger partial charge in [0.25, 0.3) is 0 Å². The van der Waals surface area contributed by atoms with Gasteiger partial charge < -0.3 is 14.6 Å². The van der Waals surface area contributed by atoms with Crippen molar-refractivity contribution < 1.29 is 14.6 Å². The average Bonchev–Trinajstić information content (AvgIpc) is 3.08. The Morgan fingerprint density at radius 3 is 2.26 bits per heavy atom. The second kappa shape index (κ2) is 11.8. The first-order valence-corrected chi connectivity index (χ1v) is 12.4. The van der Waals surface area contributed by atoms with Crippen LogP contribution in [0.2, 0.25) is 0 Å². The summed E-state index contributed by atoms with van der Waals surface area (Å²) < 4.78 is 14.0. The van der Waals surface area contributed by atoms with E-state index in [1.54, 1.807) is 0 Å². The summed E-state index contributed by atoms with van der Waals surface area (Å²) in [5.41, 5.74) is 3.83. The second-order valence-electron chi connectivity index (χ2n) is 10.7. The van der Waals surface area contributed by atoms with Gasteiger partial charge in [0.05, 0.1) is 23.9 Å². The van der Waals surface area contributed by atoms with E-state index in [4.69, 9.17) is 14.6 Å². The molecule has 190 valence electrons. The van der Waals surface area contributed by atoms with E-state index in [0.29, 0.717) is 31.5 Å². The van der Waals surface area contributed by atoms with Crippen LogP contribution in [0.25, 0.3) is 11.3 Å². The third kappa shape index (κ3) is 8.20. The van der Waals surface area contributed by atoms with E-state index in [0.717, 1.165) is 29.1 Å². The fourth-order valence-electron chi connectivity index (χ4n) is 4.01. The normalized spacial score (nSPS) is 13.0. The summed E-state index contributed by atoms with van der Waals surface area (Å²) in [6.07, 6.45) is -0.591. The molecule has 0 fully saturated rings. The highest BCUT2D eigenvalue weighted by Crippen LogP contribution is 2.34. The molecule has 0 amide bonds. The number of aliphatic hydroxyl groups is 1. The molecule has 2 aromatic carbocycles. The Hall–Kier alpha value is -2.67. The lowest BCUT2D eigenvalue weighted by Gasteiger charge is -2.28. The summed E-state index contributed by atoms with van der Waals surface area (Å²) in [6, 6.07) is 18.2. The van der Waals surface area contributed by atoms with Crippen molar-refractivity contribution >= 4 is 0 Å². The molecule has 0 aliphatic heterocycles. The first-order chi connectivity index (χ1) is 16.5. The third-order valence-corrected chi connectivity index (χ3v) is 5.55. The zero-order valence-electron chi connectivity index (χ0n) is 22.3. The smallest absolute Gasteiger partial charge is 0.222 e. The number of hydrogen-bond acceptors (Lipinski definition) is 5. The highest BCUT2D eigenvalue weighted by molar-refractivity contribution is 5.65. The van der Waals surface area contributed by atoms with E-state index >= 15 is 0 Å². The molecule has 3 rings (SSSR count). The topological polar surface area (TPSA) is 59.8 Å². The molecule has 35 heavy (non-hydrogen) atoms. The lowest BCUT2D eigenvalue weighted by Crippen LogP contribution is -2.38. The van der Waals surface area contributed by atoms with Crippen molar-refractivity contribution in [1.82, 2.24) is 14.7 Å². The van der Waals surface area contributed by atoms with E-state index in [1.807, 2.05) is 75.0 Å². The molecule has 6 heteroatoms. The third-order valence-electron chi connectivity index (χ3n) is 5.55. The van der Waals surface area contributed by atoms with Crippen LogP contribution >= 0.6 is 0 Å². The average molecular weight is 480 g/mol. The van der Waals surface area contributed by atoms with Gasteiger partial charge in [-0.25, -0.2) is 4.68 Å². The van der Waals surface area contributed by atoms with Crippen molar-refractivity contribution in [2.24, 2.45) is 13.0 Å². The van der Waals surface area contributed by atoms with Gasteiger partial charge in [-0.3, -0.25) is 4.90 Å². The number of nitrogens with zero attached hydrogens (tertiary/aromatic N) is 3. The summed E-state index contributed by atoms with van der Waals surface area (Å²) in [6.45, 7) is 14.7. The zero-order valence-corrected chi connectivity index (χ0v) is 22.3. The quantitative estimate of drug-likeness (QED) is 0.375. The fourth-order valence-corrected chi connectivity index (χ4v) is 4.01. The minimum atomic E-state index is -0.591. The van der Waals surface area contributed by atoms with Gasteiger partial charge in [0.2, 0.25) is 5.88 Å². The molecular formula is C29H41N3O3. The Bertz CT molecular complexity index is 1050. The van der Waals surface area contributed by atoms with Crippen LogP contribution in [-0.4, -0.2) is 51.2 Å². The Morgan fingerprint density at radius 2 is 1.66 bits per heavy atom. The maximum Gasteiger partial charge on any atom is 0.222 e. The Labute approximate surface area is 210 Å². The molecule has 1 aromatic heterocycles. The SMILES string of the molecule is Cc1ccc(Oc2c(CN(CC(C)C)CC(O)COC(C)(C)C)c(-c3ccccc3)nn2C)cc1. The summed E-state index contributed by atoms with van der Waals surface area (Å²) in [5, 5.41) is 15.6. The lowest BCUT2D eigenvalue weighted by molar-refractivity contribution is -0.0573. The molecule has 1 atom stereocenters. The number of benzene rings is 2. The molecule has 0 saturated carbocycles. The van der Waals surface area contributed by atoms with E-state index in [-0.39, 0.29) is 5.60 Å². The molecule has 3 aromatic rings. The maximum atomic E-state index is 10.8. The van der Waals surface area contributed by atoms with Gasteiger partial charge in [-0.2, -0.15) is 5.10 Å². The molecule has 0 spiro atoms. The Kier molecular flexibility index (Phi) is 9.11. The lowest BCUT2D eigenvalue weighted by atomic mass is 10.1. The predicted octanol–water partition coefficient (Wildman–Crippen LogP) is 5.82. The van der Waals surface area contributed by atoms with Gasteiger partial charge in [-0.15, -0.1) is 0 Å². The van der Waals surface area contributed by atoms with Crippen LogP contribution in [0.1, 0.15) is 45.7 Å². The summed E-state index contributed by atoms with van der Waals surface area (Å²) in [4.78, 5) is 2.27. The summed E-state index contributed by atoms with van der Waals surface area (Å²) >= 11 is 0. The van der Waals surface area contributed by atoms with Gasteiger partial charge >= 0.3 is 0 Å². The molecule has 0 aliphatic carbocycles. The number of aliphatic hydroxyl groups excluding tert-OH is 1. The van der Waals surface area contributed by atoms with Gasteiger partial charge in [-0.1, -0.05) is 61.9 Å². The first-order valence-electron chi connectivity index (χ1n) is 12.4. The Balaban J connectivity index is 1.94. The van der Waals surface area contributed by atoms with Crippen LogP contribution in [-0.2, 0) is 18.3 Å². The maximum absolute atomic E-state index is 10.8. The van der Waals surface area contributed by atoms with E-state index < -0.39 is 6.10 Å². The summed E-state index contributed by atoms with van der Waals surface area (Å²) in [5.74, 6) is 1.92. The highest BCUT2D eigenvalue weighted by Gasteiger charge is 2.24.